The number of nitrogens with zero attached hydrogens (tertiary/aromatic N) is 5. The normalized spacial score (nSPS) is 11.2. The van der Waals surface area contributed by atoms with Crippen molar-refractivity contribution in [1.29, 1.82) is 0 Å². The molecule has 2 rings (SSSR count). The summed E-state index contributed by atoms with van der Waals surface area (Å²) in [5, 5.41) is 12.0. The Kier molecular flexibility index (Phi) is 6.30. The third kappa shape index (κ3) is 4.91. The van der Waals surface area contributed by atoms with Gasteiger partial charge in [0.15, 0.2) is 5.82 Å². The van der Waals surface area contributed by atoms with Crippen LogP contribution in [0.25, 0.3) is 0 Å². The van der Waals surface area contributed by atoms with Crippen LogP contribution < -0.4 is 0 Å². The quantitative estimate of drug-likeness (QED) is 0.703. The zero-order valence-corrected chi connectivity index (χ0v) is 12.8. The van der Waals surface area contributed by atoms with E-state index in [1.54, 1.807) is 7.11 Å². The first-order valence-corrected chi connectivity index (χ1v) is 7.33. The molecule has 0 aliphatic rings. The van der Waals surface area contributed by atoms with Crippen LogP contribution in [0.5, 0.6) is 0 Å². The molecule has 0 amide bonds. The molecule has 1 aromatic heterocycles. The minimum atomic E-state index is 0.697. The Labute approximate surface area is 125 Å². The predicted octanol–water partition coefficient (Wildman–Crippen LogP) is 1.73. The molecule has 0 saturated heterocycles. The zero-order valence-electron chi connectivity index (χ0n) is 12.8. The van der Waals surface area contributed by atoms with Crippen LogP contribution >= 0.6 is 0 Å². The van der Waals surface area contributed by atoms with Crippen LogP contribution in [-0.2, 0) is 24.4 Å². The van der Waals surface area contributed by atoms with Gasteiger partial charge in [0.1, 0.15) is 0 Å². The van der Waals surface area contributed by atoms with Gasteiger partial charge in [-0.1, -0.05) is 37.3 Å². The van der Waals surface area contributed by atoms with Gasteiger partial charge in [-0.05, 0) is 22.4 Å². The first-order chi connectivity index (χ1) is 10.3. The van der Waals surface area contributed by atoms with Crippen molar-refractivity contribution in [3.8, 4) is 0 Å². The van der Waals surface area contributed by atoms with E-state index in [9.17, 15) is 0 Å². The molecular weight excluding hydrogens is 266 g/mol. The van der Waals surface area contributed by atoms with E-state index in [1.165, 1.54) is 5.56 Å². The molecular formula is C15H23N5O. The summed E-state index contributed by atoms with van der Waals surface area (Å²) in [7, 11) is 1.72. The molecule has 0 saturated carbocycles. The lowest BCUT2D eigenvalue weighted by molar-refractivity contribution is 0.137. The summed E-state index contributed by atoms with van der Waals surface area (Å²) in [5.74, 6) is 0.906. The number of hydrogen-bond acceptors (Lipinski definition) is 5. The Morgan fingerprint density at radius 1 is 1.19 bits per heavy atom. The summed E-state index contributed by atoms with van der Waals surface area (Å²) in [6.07, 6.45) is 1.02. The van der Waals surface area contributed by atoms with Gasteiger partial charge in [0.2, 0.25) is 0 Å². The van der Waals surface area contributed by atoms with E-state index < -0.39 is 0 Å². The van der Waals surface area contributed by atoms with Gasteiger partial charge in [-0.3, -0.25) is 4.90 Å². The van der Waals surface area contributed by atoms with Crippen molar-refractivity contribution in [2.75, 3.05) is 20.3 Å². The zero-order chi connectivity index (χ0) is 14.9. The lowest BCUT2D eigenvalue weighted by Gasteiger charge is -2.21. The molecule has 0 bridgehead atoms. The van der Waals surface area contributed by atoms with E-state index in [4.69, 9.17) is 4.74 Å². The molecule has 0 radical (unpaired) electrons. The monoisotopic (exact) mass is 289 g/mol. The van der Waals surface area contributed by atoms with Crippen LogP contribution in [0.3, 0.4) is 0 Å². The van der Waals surface area contributed by atoms with Gasteiger partial charge in [-0.2, -0.15) is 0 Å². The van der Waals surface area contributed by atoms with Crippen molar-refractivity contribution < 1.29 is 4.74 Å². The van der Waals surface area contributed by atoms with Crippen LogP contribution in [0, 0.1) is 0 Å². The molecule has 0 atom stereocenters. The molecule has 6 heteroatoms. The van der Waals surface area contributed by atoms with E-state index in [2.05, 4.69) is 51.6 Å². The molecule has 0 fully saturated rings. The molecule has 2 aromatic rings. The molecule has 0 spiro atoms. The molecule has 6 nitrogen and oxygen atoms in total. The number of tetrazole rings is 1. The summed E-state index contributed by atoms with van der Waals surface area (Å²) in [4.78, 5) is 2.30. The summed E-state index contributed by atoms with van der Waals surface area (Å²) >= 11 is 0. The standard InChI is InChI=1S/C15H23N5O/c1-3-9-20-15(16-17-18-20)13-19(10-11-21-2)12-14-7-5-4-6-8-14/h4-8H,3,9-13H2,1-2H3. The molecule has 0 aliphatic carbocycles. The summed E-state index contributed by atoms with van der Waals surface area (Å²) in [6.45, 7) is 6.12. The molecule has 114 valence electrons. The van der Waals surface area contributed by atoms with Crippen molar-refractivity contribution in [2.45, 2.75) is 33.0 Å². The summed E-state index contributed by atoms with van der Waals surface area (Å²) < 4.78 is 7.09. The highest BCUT2D eigenvalue weighted by atomic mass is 16.5. The lowest BCUT2D eigenvalue weighted by atomic mass is 10.2. The first kappa shape index (κ1) is 15.6. The number of aryl methyl sites for hydroxylation is 1. The maximum absolute atomic E-state index is 5.21. The van der Waals surface area contributed by atoms with Gasteiger partial charge in [0.05, 0.1) is 13.2 Å². The number of aromatic nitrogens is 4. The van der Waals surface area contributed by atoms with Gasteiger partial charge >= 0.3 is 0 Å². The van der Waals surface area contributed by atoms with Crippen LogP contribution in [0.2, 0.25) is 0 Å². The largest absolute Gasteiger partial charge is 0.383 e. The molecule has 0 N–H and O–H groups in total. The fourth-order valence-electron chi connectivity index (χ4n) is 2.20. The van der Waals surface area contributed by atoms with Crippen LogP contribution in [0.4, 0.5) is 0 Å². The smallest absolute Gasteiger partial charge is 0.165 e. The van der Waals surface area contributed by atoms with Crippen LogP contribution in [0.15, 0.2) is 30.3 Å². The van der Waals surface area contributed by atoms with Crippen LogP contribution in [-0.4, -0.2) is 45.4 Å². The third-order valence-corrected chi connectivity index (χ3v) is 3.27. The average Bonchev–Trinajstić information content (AvgIpc) is 2.93. The number of hydrogen-bond donors (Lipinski definition) is 0. The number of rotatable bonds is 9. The minimum Gasteiger partial charge on any atom is -0.383 e. The second kappa shape index (κ2) is 8.49. The fraction of sp³-hybridized carbons (Fsp3) is 0.533. The molecule has 0 unspecified atom stereocenters. The van der Waals surface area contributed by atoms with Gasteiger partial charge in [-0.15, -0.1) is 5.10 Å². The van der Waals surface area contributed by atoms with E-state index in [0.717, 1.165) is 38.4 Å². The third-order valence-electron chi connectivity index (χ3n) is 3.27. The Morgan fingerprint density at radius 3 is 2.71 bits per heavy atom. The van der Waals surface area contributed by atoms with Crippen molar-refractivity contribution in [3.63, 3.8) is 0 Å². The number of ether oxygens (including phenoxy) is 1. The minimum absolute atomic E-state index is 0.697. The number of methoxy groups -OCH3 is 1. The average molecular weight is 289 g/mol. The predicted molar refractivity (Wildman–Crippen MR) is 80.5 cm³/mol. The van der Waals surface area contributed by atoms with Gasteiger partial charge in [0, 0.05) is 26.7 Å². The maximum atomic E-state index is 5.21. The molecule has 0 aliphatic heterocycles. The van der Waals surface area contributed by atoms with Crippen molar-refractivity contribution >= 4 is 0 Å². The lowest BCUT2D eigenvalue weighted by Crippen LogP contribution is -2.28. The van der Waals surface area contributed by atoms with Crippen molar-refractivity contribution in [1.82, 2.24) is 25.1 Å². The second-order valence-corrected chi connectivity index (χ2v) is 5.01. The summed E-state index contributed by atoms with van der Waals surface area (Å²) in [6, 6.07) is 10.4. The van der Waals surface area contributed by atoms with Crippen molar-refractivity contribution in [3.05, 3.63) is 41.7 Å². The second-order valence-electron chi connectivity index (χ2n) is 5.01. The molecule has 1 heterocycles. The van der Waals surface area contributed by atoms with E-state index in [-0.39, 0.29) is 0 Å². The van der Waals surface area contributed by atoms with Gasteiger partial charge in [-0.25, -0.2) is 4.68 Å². The van der Waals surface area contributed by atoms with E-state index in [1.807, 2.05) is 10.7 Å². The van der Waals surface area contributed by atoms with Gasteiger partial charge in [0.25, 0.3) is 0 Å². The first-order valence-electron chi connectivity index (χ1n) is 7.33. The van der Waals surface area contributed by atoms with E-state index in [0.29, 0.717) is 6.61 Å². The maximum Gasteiger partial charge on any atom is 0.165 e. The Bertz CT molecular complexity index is 514. The van der Waals surface area contributed by atoms with Crippen LogP contribution in [0.1, 0.15) is 24.7 Å². The van der Waals surface area contributed by atoms with Gasteiger partial charge < -0.3 is 4.74 Å². The highest BCUT2D eigenvalue weighted by Gasteiger charge is 2.12. The number of benzene rings is 1. The molecule has 1 aromatic carbocycles. The Hall–Kier alpha value is -1.79. The Morgan fingerprint density at radius 2 is 2.00 bits per heavy atom. The topological polar surface area (TPSA) is 56.1 Å². The summed E-state index contributed by atoms with van der Waals surface area (Å²) in [5.41, 5.74) is 1.28. The molecule has 21 heavy (non-hydrogen) atoms. The Balaban J connectivity index is 2.03. The SMILES string of the molecule is CCCn1nnnc1CN(CCOC)Cc1ccccc1. The highest BCUT2D eigenvalue weighted by molar-refractivity contribution is 5.14. The van der Waals surface area contributed by atoms with E-state index >= 15 is 0 Å². The highest BCUT2D eigenvalue weighted by Crippen LogP contribution is 2.08. The van der Waals surface area contributed by atoms with Crippen molar-refractivity contribution in [2.24, 2.45) is 0 Å². The fourth-order valence-corrected chi connectivity index (χ4v) is 2.20.